The number of amidine groups is 2. The summed E-state index contributed by atoms with van der Waals surface area (Å²) >= 11 is 0. The molecular weight excluding hydrogens is 250 g/mol. The Morgan fingerprint density at radius 3 is 2.30 bits per heavy atom. The summed E-state index contributed by atoms with van der Waals surface area (Å²) in [6, 6.07) is 9.13. The van der Waals surface area contributed by atoms with E-state index in [1.165, 1.54) is 6.08 Å². The van der Waals surface area contributed by atoms with Crippen molar-refractivity contribution >= 4 is 17.6 Å². The molecule has 0 fully saturated rings. The number of rotatable bonds is 4. The van der Waals surface area contributed by atoms with Gasteiger partial charge in [0.1, 0.15) is 11.7 Å². The Hall–Kier alpha value is -2.95. The van der Waals surface area contributed by atoms with E-state index >= 15 is 0 Å². The largest absolute Gasteiger partial charge is 0.383 e. The van der Waals surface area contributed by atoms with Crippen molar-refractivity contribution in [2.45, 2.75) is 0 Å². The first-order valence-corrected chi connectivity index (χ1v) is 5.86. The van der Waals surface area contributed by atoms with Gasteiger partial charge in [0.15, 0.2) is 0 Å². The average molecular weight is 267 g/mol. The van der Waals surface area contributed by atoms with Gasteiger partial charge < -0.3 is 11.5 Å². The molecule has 0 bridgehead atoms. The van der Waals surface area contributed by atoms with Crippen LogP contribution < -0.4 is 11.5 Å². The SMILES string of the molecule is C=C/C=C(C=C)/C(N)=N/C(=N)/N=C(\N)c1ccccc1. The number of hydrogen-bond donors (Lipinski definition) is 3. The van der Waals surface area contributed by atoms with Gasteiger partial charge in [0, 0.05) is 11.1 Å². The molecule has 0 atom stereocenters. The lowest BCUT2D eigenvalue weighted by Crippen LogP contribution is -2.18. The highest BCUT2D eigenvalue weighted by molar-refractivity contribution is 6.10. The van der Waals surface area contributed by atoms with Crippen molar-refractivity contribution in [2.75, 3.05) is 0 Å². The third-order valence-electron chi connectivity index (χ3n) is 2.34. The molecule has 5 nitrogen and oxygen atoms in total. The summed E-state index contributed by atoms with van der Waals surface area (Å²) < 4.78 is 0. The van der Waals surface area contributed by atoms with Gasteiger partial charge in [-0.15, -0.1) is 0 Å². The van der Waals surface area contributed by atoms with E-state index in [0.29, 0.717) is 5.57 Å². The number of guanidine groups is 1. The van der Waals surface area contributed by atoms with Gasteiger partial charge in [-0.3, -0.25) is 5.41 Å². The van der Waals surface area contributed by atoms with Crippen molar-refractivity contribution < 1.29 is 0 Å². The highest BCUT2D eigenvalue weighted by atomic mass is 15.1. The van der Waals surface area contributed by atoms with E-state index in [-0.39, 0.29) is 17.6 Å². The summed E-state index contributed by atoms with van der Waals surface area (Å²) in [7, 11) is 0. The number of allylic oxidation sites excluding steroid dienone is 2. The van der Waals surface area contributed by atoms with Crippen LogP contribution >= 0.6 is 0 Å². The number of benzene rings is 1. The fraction of sp³-hybridized carbons (Fsp3) is 0. The molecule has 0 aromatic heterocycles. The smallest absolute Gasteiger partial charge is 0.245 e. The Bertz CT molecular complexity index is 594. The molecule has 0 heterocycles. The van der Waals surface area contributed by atoms with E-state index in [9.17, 15) is 0 Å². The number of nitrogens with one attached hydrogen (secondary N) is 1. The van der Waals surface area contributed by atoms with E-state index in [4.69, 9.17) is 16.9 Å². The van der Waals surface area contributed by atoms with E-state index in [1.54, 1.807) is 24.3 Å². The molecule has 1 rings (SSSR count). The molecular formula is C15H17N5. The second kappa shape index (κ2) is 7.48. The fourth-order valence-electron chi connectivity index (χ4n) is 1.38. The van der Waals surface area contributed by atoms with Crippen LogP contribution in [0.3, 0.4) is 0 Å². The van der Waals surface area contributed by atoms with Crippen LogP contribution in [0.2, 0.25) is 0 Å². The summed E-state index contributed by atoms with van der Waals surface area (Å²) in [5, 5.41) is 7.68. The number of nitrogens with zero attached hydrogens (tertiary/aromatic N) is 2. The highest BCUT2D eigenvalue weighted by Crippen LogP contribution is 2.00. The minimum atomic E-state index is -0.277. The first kappa shape index (κ1) is 15.1. The minimum absolute atomic E-state index is 0.134. The Labute approximate surface area is 118 Å². The summed E-state index contributed by atoms with van der Waals surface area (Å²) in [6.07, 6.45) is 4.73. The van der Waals surface area contributed by atoms with Crippen LogP contribution in [0.25, 0.3) is 0 Å². The zero-order chi connectivity index (χ0) is 15.0. The van der Waals surface area contributed by atoms with Crippen molar-refractivity contribution in [3.8, 4) is 0 Å². The van der Waals surface area contributed by atoms with Crippen LogP contribution in [-0.2, 0) is 0 Å². The molecule has 1 aromatic rings. The minimum Gasteiger partial charge on any atom is -0.383 e. The quantitative estimate of drug-likeness (QED) is 0.441. The molecule has 0 spiro atoms. The zero-order valence-electron chi connectivity index (χ0n) is 11.1. The Kier molecular flexibility index (Phi) is 5.65. The van der Waals surface area contributed by atoms with E-state index < -0.39 is 0 Å². The fourth-order valence-corrected chi connectivity index (χ4v) is 1.38. The lowest BCUT2D eigenvalue weighted by Gasteiger charge is -2.01. The van der Waals surface area contributed by atoms with Crippen LogP contribution in [0.5, 0.6) is 0 Å². The van der Waals surface area contributed by atoms with Gasteiger partial charge in [0.25, 0.3) is 0 Å². The molecule has 0 aliphatic carbocycles. The van der Waals surface area contributed by atoms with E-state index in [2.05, 4.69) is 23.1 Å². The first-order chi connectivity index (χ1) is 9.58. The summed E-state index contributed by atoms with van der Waals surface area (Å²) in [5.41, 5.74) is 12.8. The highest BCUT2D eigenvalue weighted by Gasteiger charge is 2.01. The maximum Gasteiger partial charge on any atom is 0.245 e. The van der Waals surface area contributed by atoms with Crippen LogP contribution in [0.4, 0.5) is 0 Å². The molecule has 0 unspecified atom stereocenters. The second-order valence-electron chi connectivity index (χ2n) is 3.75. The lowest BCUT2D eigenvalue weighted by atomic mass is 10.2. The molecule has 0 aliphatic rings. The van der Waals surface area contributed by atoms with Gasteiger partial charge in [-0.05, 0) is 0 Å². The van der Waals surface area contributed by atoms with Gasteiger partial charge in [-0.1, -0.05) is 61.7 Å². The molecule has 102 valence electrons. The van der Waals surface area contributed by atoms with Gasteiger partial charge in [-0.2, -0.15) is 9.98 Å². The lowest BCUT2D eigenvalue weighted by molar-refractivity contribution is 1.34. The number of hydrogen-bond acceptors (Lipinski definition) is 1. The Morgan fingerprint density at radius 1 is 1.10 bits per heavy atom. The second-order valence-corrected chi connectivity index (χ2v) is 3.75. The van der Waals surface area contributed by atoms with Crippen molar-refractivity contribution in [1.29, 1.82) is 5.41 Å². The van der Waals surface area contributed by atoms with E-state index in [1.807, 2.05) is 18.2 Å². The molecule has 0 saturated carbocycles. The Morgan fingerprint density at radius 2 is 1.75 bits per heavy atom. The maximum atomic E-state index is 7.68. The molecule has 5 heteroatoms. The van der Waals surface area contributed by atoms with E-state index in [0.717, 1.165) is 5.56 Å². The number of aliphatic imine (C=N–C) groups is 2. The molecule has 0 aliphatic heterocycles. The van der Waals surface area contributed by atoms with Crippen molar-refractivity contribution in [3.63, 3.8) is 0 Å². The summed E-state index contributed by atoms with van der Waals surface area (Å²) in [4.78, 5) is 7.74. The van der Waals surface area contributed by atoms with Gasteiger partial charge in [-0.25, -0.2) is 0 Å². The standard InChI is InChI=1S/C15H17N5/c1-3-8-11(4-2)13(16)19-15(18)20-14(17)12-9-6-5-7-10-12/h3-10H,1-2H2,(H5,16,17,18,19,20)/b11-8+. The number of nitrogens with two attached hydrogens (primary N) is 2. The molecule has 0 saturated heterocycles. The van der Waals surface area contributed by atoms with Crippen LogP contribution in [0.1, 0.15) is 5.56 Å². The third kappa shape index (κ3) is 4.38. The molecule has 5 N–H and O–H groups in total. The summed E-state index contributed by atoms with van der Waals surface area (Å²) in [5.74, 6) is 0.0650. The molecule has 0 radical (unpaired) electrons. The monoisotopic (exact) mass is 267 g/mol. The Balaban J connectivity index is 2.94. The normalized spacial score (nSPS) is 12.9. The van der Waals surface area contributed by atoms with Crippen molar-refractivity contribution in [3.05, 3.63) is 72.9 Å². The van der Waals surface area contributed by atoms with Crippen LogP contribution in [-0.4, -0.2) is 17.6 Å². The predicted octanol–water partition coefficient (Wildman–Crippen LogP) is 1.98. The summed E-state index contributed by atoms with van der Waals surface area (Å²) in [6.45, 7) is 7.17. The average Bonchev–Trinajstić information content (AvgIpc) is 2.45. The first-order valence-electron chi connectivity index (χ1n) is 5.86. The van der Waals surface area contributed by atoms with Crippen LogP contribution in [0.15, 0.2) is 77.3 Å². The third-order valence-corrected chi connectivity index (χ3v) is 2.34. The molecule has 1 aromatic carbocycles. The molecule has 20 heavy (non-hydrogen) atoms. The van der Waals surface area contributed by atoms with Crippen molar-refractivity contribution in [2.24, 2.45) is 21.5 Å². The van der Waals surface area contributed by atoms with Gasteiger partial charge in [0.05, 0.1) is 0 Å². The van der Waals surface area contributed by atoms with Gasteiger partial charge in [0.2, 0.25) is 5.96 Å². The predicted molar refractivity (Wildman–Crippen MR) is 85.0 cm³/mol. The van der Waals surface area contributed by atoms with Gasteiger partial charge >= 0.3 is 0 Å². The zero-order valence-corrected chi connectivity index (χ0v) is 11.1. The van der Waals surface area contributed by atoms with Crippen molar-refractivity contribution in [1.82, 2.24) is 0 Å². The molecule has 0 amide bonds. The van der Waals surface area contributed by atoms with Crippen LogP contribution in [0, 0.1) is 5.41 Å². The maximum absolute atomic E-state index is 7.68. The topological polar surface area (TPSA) is 101 Å².